The minimum atomic E-state index is -0.196. The van der Waals surface area contributed by atoms with Crippen molar-refractivity contribution in [3.63, 3.8) is 0 Å². The van der Waals surface area contributed by atoms with E-state index in [0.29, 0.717) is 11.3 Å². The highest BCUT2D eigenvalue weighted by Crippen LogP contribution is 2.40. The third-order valence-electron chi connectivity index (χ3n) is 3.60. The molecule has 0 aliphatic heterocycles. The van der Waals surface area contributed by atoms with E-state index in [-0.39, 0.29) is 17.3 Å². The second-order valence-electron chi connectivity index (χ2n) is 5.67. The summed E-state index contributed by atoms with van der Waals surface area (Å²) in [6.45, 7) is 6.00. The monoisotopic (exact) mass is 247 g/mol. The van der Waals surface area contributed by atoms with Gasteiger partial charge in [-0.3, -0.25) is 9.78 Å². The van der Waals surface area contributed by atoms with Gasteiger partial charge in [-0.25, -0.2) is 0 Å². The first-order valence-corrected chi connectivity index (χ1v) is 6.68. The largest absolute Gasteiger partial charge is 0.489 e. The van der Waals surface area contributed by atoms with E-state index in [4.69, 9.17) is 4.74 Å². The van der Waals surface area contributed by atoms with Gasteiger partial charge in [0.15, 0.2) is 5.78 Å². The topological polar surface area (TPSA) is 39.2 Å². The van der Waals surface area contributed by atoms with Crippen LogP contribution in [0.2, 0.25) is 0 Å². The summed E-state index contributed by atoms with van der Waals surface area (Å²) >= 11 is 0. The van der Waals surface area contributed by atoms with Crippen LogP contribution in [0.1, 0.15) is 56.8 Å². The van der Waals surface area contributed by atoms with Gasteiger partial charge in [-0.2, -0.15) is 0 Å². The SMILES string of the molecule is CC(C)Oc1cncc(C(=O)C2(C)CCCC2)c1. The van der Waals surface area contributed by atoms with Crippen molar-refractivity contribution in [1.29, 1.82) is 0 Å². The van der Waals surface area contributed by atoms with Gasteiger partial charge in [0.05, 0.1) is 12.3 Å². The molecular weight excluding hydrogens is 226 g/mol. The first-order chi connectivity index (χ1) is 8.51. The zero-order valence-corrected chi connectivity index (χ0v) is 11.4. The van der Waals surface area contributed by atoms with Gasteiger partial charge in [0.1, 0.15) is 5.75 Å². The van der Waals surface area contributed by atoms with Crippen molar-refractivity contribution in [2.75, 3.05) is 0 Å². The van der Waals surface area contributed by atoms with E-state index in [1.807, 2.05) is 19.9 Å². The lowest BCUT2D eigenvalue weighted by molar-refractivity contribution is 0.0822. The van der Waals surface area contributed by atoms with Gasteiger partial charge in [0, 0.05) is 17.2 Å². The lowest BCUT2D eigenvalue weighted by atomic mass is 9.81. The Balaban J connectivity index is 2.20. The Kier molecular flexibility index (Phi) is 3.69. The number of hydrogen-bond donors (Lipinski definition) is 0. The normalized spacial score (nSPS) is 18.0. The average molecular weight is 247 g/mol. The molecule has 3 heteroatoms. The Labute approximate surface area is 109 Å². The quantitative estimate of drug-likeness (QED) is 0.763. The van der Waals surface area contributed by atoms with E-state index in [1.54, 1.807) is 12.4 Å². The Morgan fingerprint density at radius 2 is 2.00 bits per heavy atom. The zero-order valence-electron chi connectivity index (χ0n) is 11.4. The minimum Gasteiger partial charge on any atom is -0.489 e. The molecule has 0 saturated heterocycles. The molecule has 1 aromatic heterocycles. The van der Waals surface area contributed by atoms with Gasteiger partial charge < -0.3 is 4.74 Å². The number of hydrogen-bond acceptors (Lipinski definition) is 3. The van der Waals surface area contributed by atoms with Crippen LogP contribution >= 0.6 is 0 Å². The molecule has 1 fully saturated rings. The van der Waals surface area contributed by atoms with Gasteiger partial charge in [0.2, 0.25) is 0 Å². The van der Waals surface area contributed by atoms with Crippen LogP contribution in [-0.2, 0) is 0 Å². The van der Waals surface area contributed by atoms with Gasteiger partial charge in [-0.1, -0.05) is 19.8 Å². The van der Waals surface area contributed by atoms with Gasteiger partial charge in [-0.05, 0) is 32.8 Å². The molecule has 1 aliphatic rings. The predicted molar refractivity (Wildman–Crippen MR) is 70.9 cm³/mol. The second kappa shape index (κ2) is 5.09. The fraction of sp³-hybridized carbons (Fsp3) is 0.600. The van der Waals surface area contributed by atoms with E-state index in [9.17, 15) is 4.79 Å². The highest BCUT2D eigenvalue weighted by molar-refractivity contribution is 6.00. The van der Waals surface area contributed by atoms with Crippen LogP contribution in [0.5, 0.6) is 5.75 Å². The molecule has 0 N–H and O–H groups in total. The van der Waals surface area contributed by atoms with Crippen LogP contribution in [0, 0.1) is 5.41 Å². The van der Waals surface area contributed by atoms with Crippen LogP contribution in [0.15, 0.2) is 18.5 Å². The molecule has 0 bridgehead atoms. The summed E-state index contributed by atoms with van der Waals surface area (Å²) in [6, 6.07) is 1.82. The summed E-state index contributed by atoms with van der Waals surface area (Å²) < 4.78 is 5.59. The van der Waals surface area contributed by atoms with Crippen molar-refractivity contribution in [3.8, 4) is 5.75 Å². The Morgan fingerprint density at radius 3 is 2.61 bits per heavy atom. The molecule has 2 rings (SSSR count). The van der Waals surface area contributed by atoms with Gasteiger partial charge in [-0.15, -0.1) is 0 Å². The minimum absolute atomic E-state index is 0.0965. The summed E-state index contributed by atoms with van der Waals surface area (Å²) in [5.41, 5.74) is 0.482. The highest BCUT2D eigenvalue weighted by atomic mass is 16.5. The molecule has 0 radical (unpaired) electrons. The number of carbonyl (C=O) groups is 1. The van der Waals surface area contributed by atoms with Crippen molar-refractivity contribution >= 4 is 5.78 Å². The fourth-order valence-corrected chi connectivity index (χ4v) is 2.61. The number of Topliss-reactive ketones (excluding diaryl/α,β-unsaturated/α-hetero) is 1. The smallest absolute Gasteiger partial charge is 0.170 e. The van der Waals surface area contributed by atoms with E-state index in [2.05, 4.69) is 11.9 Å². The lowest BCUT2D eigenvalue weighted by Gasteiger charge is -2.21. The third kappa shape index (κ3) is 2.71. The number of ether oxygens (including phenoxy) is 1. The molecule has 98 valence electrons. The Hall–Kier alpha value is -1.38. The number of nitrogens with zero attached hydrogens (tertiary/aromatic N) is 1. The van der Waals surface area contributed by atoms with E-state index >= 15 is 0 Å². The number of rotatable bonds is 4. The molecule has 0 aromatic carbocycles. The zero-order chi connectivity index (χ0) is 13.2. The van der Waals surface area contributed by atoms with Crippen LogP contribution in [0.4, 0.5) is 0 Å². The van der Waals surface area contributed by atoms with Crippen molar-refractivity contribution in [1.82, 2.24) is 4.98 Å². The standard InChI is InChI=1S/C15H21NO2/c1-11(2)18-13-8-12(9-16-10-13)14(17)15(3)6-4-5-7-15/h8-11H,4-7H2,1-3H3. The number of aromatic nitrogens is 1. The van der Waals surface area contributed by atoms with Crippen LogP contribution < -0.4 is 4.74 Å². The van der Waals surface area contributed by atoms with Crippen molar-refractivity contribution < 1.29 is 9.53 Å². The summed E-state index contributed by atoms with van der Waals surface area (Å²) in [6.07, 6.45) is 7.68. The Bertz CT molecular complexity index is 434. The number of ketones is 1. The fourth-order valence-electron chi connectivity index (χ4n) is 2.61. The molecular formula is C15H21NO2. The number of pyridine rings is 1. The summed E-state index contributed by atoms with van der Waals surface area (Å²) in [5, 5.41) is 0. The lowest BCUT2D eigenvalue weighted by Crippen LogP contribution is -2.24. The summed E-state index contributed by atoms with van der Waals surface area (Å²) in [7, 11) is 0. The van der Waals surface area contributed by atoms with E-state index in [0.717, 1.165) is 25.7 Å². The van der Waals surface area contributed by atoms with Crippen molar-refractivity contribution in [2.45, 2.75) is 52.6 Å². The number of carbonyl (C=O) groups excluding carboxylic acids is 1. The molecule has 18 heavy (non-hydrogen) atoms. The molecule has 0 amide bonds. The maximum Gasteiger partial charge on any atom is 0.170 e. The van der Waals surface area contributed by atoms with Crippen molar-refractivity contribution in [2.24, 2.45) is 5.41 Å². The van der Waals surface area contributed by atoms with Crippen molar-refractivity contribution in [3.05, 3.63) is 24.0 Å². The molecule has 1 aliphatic carbocycles. The van der Waals surface area contributed by atoms with Crippen LogP contribution in [0.3, 0.4) is 0 Å². The summed E-state index contributed by atoms with van der Waals surface area (Å²) in [5.74, 6) is 0.888. The molecule has 1 saturated carbocycles. The first-order valence-electron chi connectivity index (χ1n) is 6.68. The molecule has 1 heterocycles. The Morgan fingerprint density at radius 1 is 1.33 bits per heavy atom. The van der Waals surface area contributed by atoms with Crippen LogP contribution in [-0.4, -0.2) is 16.9 Å². The summed E-state index contributed by atoms with van der Waals surface area (Å²) in [4.78, 5) is 16.6. The molecule has 3 nitrogen and oxygen atoms in total. The first kappa shape index (κ1) is 13.1. The third-order valence-corrected chi connectivity index (χ3v) is 3.60. The molecule has 0 spiro atoms. The molecule has 0 unspecified atom stereocenters. The van der Waals surface area contributed by atoms with Gasteiger partial charge in [0.25, 0.3) is 0 Å². The molecule has 0 atom stereocenters. The predicted octanol–water partition coefficient (Wildman–Crippen LogP) is 3.63. The average Bonchev–Trinajstić information content (AvgIpc) is 2.76. The molecule has 1 aromatic rings. The maximum atomic E-state index is 12.5. The second-order valence-corrected chi connectivity index (χ2v) is 5.67. The highest BCUT2D eigenvalue weighted by Gasteiger charge is 2.36. The van der Waals surface area contributed by atoms with Gasteiger partial charge >= 0.3 is 0 Å². The maximum absolute atomic E-state index is 12.5. The van der Waals surface area contributed by atoms with E-state index < -0.39 is 0 Å². The van der Waals surface area contributed by atoms with E-state index in [1.165, 1.54) is 0 Å². The van der Waals surface area contributed by atoms with Crippen LogP contribution in [0.25, 0.3) is 0 Å².